The Hall–Kier alpha value is -0.170. The molecule has 0 amide bonds. The Morgan fingerprint density at radius 1 is 1.11 bits per heavy atom. The van der Waals surface area contributed by atoms with Crippen molar-refractivity contribution in [1.82, 2.24) is 14.9 Å². The maximum Gasteiger partial charge on any atom is 0.211 e. The third-order valence-electron chi connectivity index (χ3n) is 3.07. The fraction of sp³-hybridized carbons (Fsp3) is 1.00. The van der Waals surface area contributed by atoms with Crippen LogP contribution >= 0.6 is 0 Å². The van der Waals surface area contributed by atoms with E-state index >= 15 is 0 Å². The number of hydrogen-bond acceptors (Lipinski definition) is 4. The summed E-state index contributed by atoms with van der Waals surface area (Å²) in [6, 6.07) is -0.0290. The van der Waals surface area contributed by atoms with Crippen LogP contribution in [0.15, 0.2) is 0 Å². The molecule has 2 N–H and O–H groups in total. The highest BCUT2D eigenvalue weighted by atomic mass is 32.2. The molecule has 0 bridgehead atoms. The number of sulfonamides is 1. The van der Waals surface area contributed by atoms with E-state index in [-0.39, 0.29) is 11.8 Å². The summed E-state index contributed by atoms with van der Waals surface area (Å²) in [4.78, 5) is 2.22. The van der Waals surface area contributed by atoms with Gasteiger partial charge in [0.2, 0.25) is 10.0 Å². The lowest BCUT2D eigenvalue weighted by Crippen LogP contribution is -2.42. The second kappa shape index (κ2) is 10.6. The van der Waals surface area contributed by atoms with E-state index in [1.165, 1.54) is 0 Å². The van der Waals surface area contributed by atoms with E-state index in [4.69, 9.17) is 0 Å². The van der Waals surface area contributed by atoms with Crippen molar-refractivity contribution < 1.29 is 8.42 Å². The summed E-state index contributed by atoms with van der Waals surface area (Å²) in [6.07, 6.45) is 1.61. The molecule has 1 unspecified atom stereocenters. The molecule has 0 spiro atoms. The molecule has 0 aliphatic rings. The highest BCUT2D eigenvalue weighted by Gasteiger charge is 2.15. The molecule has 6 heteroatoms. The molecule has 0 aromatic carbocycles. The Morgan fingerprint density at radius 2 is 1.74 bits per heavy atom. The maximum atomic E-state index is 11.9. The van der Waals surface area contributed by atoms with Gasteiger partial charge in [-0.05, 0) is 45.9 Å². The van der Waals surface area contributed by atoms with Gasteiger partial charge in [-0.25, -0.2) is 13.1 Å². The normalized spacial score (nSPS) is 13.9. The number of nitrogens with zero attached hydrogens (tertiary/aromatic N) is 1. The molecular formula is C13H31N3O2S. The average Bonchev–Trinajstić information content (AvgIpc) is 2.35. The Morgan fingerprint density at radius 3 is 2.26 bits per heavy atom. The predicted molar refractivity (Wildman–Crippen MR) is 82.0 cm³/mol. The second-order valence-electron chi connectivity index (χ2n) is 4.88. The van der Waals surface area contributed by atoms with Crippen molar-refractivity contribution in [2.75, 3.05) is 38.5 Å². The summed E-state index contributed by atoms with van der Waals surface area (Å²) in [7, 11) is -3.13. The van der Waals surface area contributed by atoms with E-state index < -0.39 is 10.0 Å². The lowest BCUT2D eigenvalue weighted by atomic mass is 10.3. The molecule has 0 saturated heterocycles. The Kier molecular flexibility index (Phi) is 10.5. The van der Waals surface area contributed by atoms with Gasteiger partial charge in [-0.15, -0.1) is 0 Å². The van der Waals surface area contributed by atoms with Gasteiger partial charge in [-0.2, -0.15) is 0 Å². The van der Waals surface area contributed by atoms with Crippen molar-refractivity contribution in [3.63, 3.8) is 0 Å². The van der Waals surface area contributed by atoms with Crippen molar-refractivity contribution in [1.29, 1.82) is 0 Å². The minimum Gasteiger partial charge on any atom is -0.317 e. The van der Waals surface area contributed by atoms with E-state index in [2.05, 4.69) is 28.8 Å². The monoisotopic (exact) mass is 293 g/mol. The first-order valence-corrected chi connectivity index (χ1v) is 9.03. The smallest absolute Gasteiger partial charge is 0.211 e. The molecular weight excluding hydrogens is 262 g/mol. The molecule has 1 atom stereocenters. The van der Waals surface area contributed by atoms with E-state index in [9.17, 15) is 8.42 Å². The molecule has 0 aromatic heterocycles. The first-order valence-electron chi connectivity index (χ1n) is 7.38. The molecule has 5 nitrogen and oxygen atoms in total. The fourth-order valence-electron chi connectivity index (χ4n) is 1.99. The largest absolute Gasteiger partial charge is 0.317 e. The zero-order valence-corrected chi connectivity index (χ0v) is 13.7. The van der Waals surface area contributed by atoms with Gasteiger partial charge in [-0.1, -0.05) is 20.8 Å². The van der Waals surface area contributed by atoms with Crippen LogP contribution in [0, 0.1) is 0 Å². The lowest BCUT2D eigenvalue weighted by molar-refractivity contribution is 0.282. The molecule has 116 valence electrons. The maximum absolute atomic E-state index is 11.9. The van der Waals surface area contributed by atoms with Crippen LogP contribution in [-0.2, 0) is 10.0 Å². The Balaban J connectivity index is 3.93. The highest BCUT2D eigenvalue weighted by Crippen LogP contribution is 1.98. The van der Waals surface area contributed by atoms with Gasteiger partial charge in [0.25, 0.3) is 0 Å². The standard InChI is InChI=1S/C13H31N3O2S/c1-5-14-10-8-9-11-19(17,18)15-13(4)12-16(6-2)7-3/h13-15H,5-12H2,1-4H3. The number of hydrogen-bond donors (Lipinski definition) is 2. The number of likely N-dealkylation sites (N-methyl/N-ethyl adjacent to an activating group) is 1. The van der Waals surface area contributed by atoms with Crippen molar-refractivity contribution in [3.05, 3.63) is 0 Å². The Bertz CT molecular complexity index is 303. The van der Waals surface area contributed by atoms with Crippen LogP contribution in [0.4, 0.5) is 0 Å². The van der Waals surface area contributed by atoms with E-state index in [0.29, 0.717) is 6.42 Å². The average molecular weight is 293 g/mol. The van der Waals surface area contributed by atoms with Gasteiger partial charge in [0.15, 0.2) is 0 Å². The molecule has 0 aliphatic carbocycles. The fourth-order valence-corrected chi connectivity index (χ4v) is 3.38. The van der Waals surface area contributed by atoms with Crippen LogP contribution in [0.25, 0.3) is 0 Å². The van der Waals surface area contributed by atoms with Gasteiger partial charge < -0.3 is 10.2 Å². The van der Waals surface area contributed by atoms with Gasteiger partial charge in [-0.3, -0.25) is 0 Å². The van der Waals surface area contributed by atoms with Crippen LogP contribution in [0.3, 0.4) is 0 Å². The molecule has 0 heterocycles. The Labute approximate surface area is 119 Å². The molecule has 0 rings (SSSR count). The topological polar surface area (TPSA) is 61.4 Å². The van der Waals surface area contributed by atoms with Gasteiger partial charge >= 0.3 is 0 Å². The minimum atomic E-state index is -3.13. The zero-order valence-electron chi connectivity index (χ0n) is 12.9. The molecule has 0 saturated carbocycles. The van der Waals surface area contributed by atoms with Crippen LogP contribution < -0.4 is 10.0 Å². The third kappa shape index (κ3) is 10.3. The predicted octanol–water partition coefficient (Wildman–Crippen LogP) is 1.03. The zero-order chi connectivity index (χ0) is 14.7. The van der Waals surface area contributed by atoms with Gasteiger partial charge in [0.1, 0.15) is 0 Å². The summed E-state index contributed by atoms with van der Waals surface area (Å²) in [5.41, 5.74) is 0. The second-order valence-corrected chi connectivity index (χ2v) is 6.76. The molecule has 0 radical (unpaired) electrons. The minimum absolute atomic E-state index is 0.0290. The van der Waals surface area contributed by atoms with Gasteiger partial charge in [0, 0.05) is 12.6 Å². The van der Waals surface area contributed by atoms with E-state index in [1.807, 2.05) is 13.8 Å². The number of rotatable bonds is 12. The number of nitrogens with one attached hydrogen (secondary N) is 2. The van der Waals surface area contributed by atoms with E-state index in [0.717, 1.165) is 39.1 Å². The SMILES string of the molecule is CCNCCCCS(=O)(=O)NC(C)CN(CC)CC. The molecule has 0 aliphatic heterocycles. The van der Waals surface area contributed by atoms with Crippen LogP contribution in [-0.4, -0.2) is 57.8 Å². The van der Waals surface area contributed by atoms with Crippen molar-refractivity contribution in [3.8, 4) is 0 Å². The van der Waals surface area contributed by atoms with Crippen molar-refractivity contribution in [2.24, 2.45) is 0 Å². The first kappa shape index (κ1) is 18.8. The van der Waals surface area contributed by atoms with Crippen LogP contribution in [0.2, 0.25) is 0 Å². The first-order chi connectivity index (χ1) is 8.95. The van der Waals surface area contributed by atoms with Crippen LogP contribution in [0.1, 0.15) is 40.5 Å². The lowest BCUT2D eigenvalue weighted by Gasteiger charge is -2.23. The van der Waals surface area contributed by atoms with Gasteiger partial charge in [0.05, 0.1) is 5.75 Å². The summed E-state index contributed by atoms with van der Waals surface area (Å²) in [5.74, 6) is 0.223. The molecule has 19 heavy (non-hydrogen) atoms. The summed E-state index contributed by atoms with van der Waals surface area (Å²) in [6.45, 7) is 12.6. The summed E-state index contributed by atoms with van der Waals surface area (Å²) in [5, 5.41) is 3.19. The summed E-state index contributed by atoms with van der Waals surface area (Å²) < 4.78 is 26.5. The summed E-state index contributed by atoms with van der Waals surface area (Å²) >= 11 is 0. The highest BCUT2D eigenvalue weighted by molar-refractivity contribution is 7.89. The number of unbranched alkanes of at least 4 members (excludes halogenated alkanes) is 1. The van der Waals surface area contributed by atoms with E-state index in [1.54, 1.807) is 0 Å². The van der Waals surface area contributed by atoms with Crippen molar-refractivity contribution in [2.45, 2.75) is 46.6 Å². The van der Waals surface area contributed by atoms with Crippen molar-refractivity contribution >= 4 is 10.0 Å². The quantitative estimate of drug-likeness (QED) is 0.528. The third-order valence-corrected chi connectivity index (χ3v) is 4.66. The molecule has 0 fully saturated rings. The molecule has 0 aromatic rings. The van der Waals surface area contributed by atoms with Crippen LogP contribution in [0.5, 0.6) is 0 Å².